The lowest BCUT2D eigenvalue weighted by molar-refractivity contribution is 0.0930. The summed E-state index contributed by atoms with van der Waals surface area (Å²) in [5.41, 5.74) is 8.20. The van der Waals surface area contributed by atoms with Crippen molar-refractivity contribution in [1.82, 2.24) is 9.88 Å². The number of hydrogen-bond donors (Lipinski definition) is 2. The molecule has 0 radical (unpaired) electrons. The SMILES string of the molecule is CC(NC(=O)c1cccn1C1CC1)c1ccc(N)cc1. The lowest BCUT2D eigenvalue weighted by Crippen LogP contribution is -2.28. The highest BCUT2D eigenvalue weighted by Gasteiger charge is 2.27. The molecule has 1 aliphatic carbocycles. The normalized spacial score (nSPS) is 15.8. The van der Waals surface area contributed by atoms with E-state index in [0.29, 0.717) is 6.04 Å². The topological polar surface area (TPSA) is 60.0 Å². The van der Waals surface area contributed by atoms with Crippen LogP contribution in [0.25, 0.3) is 0 Å². The summed E-state index contributed by atoms with van der Waals surface area (Å²) in [4.78, 5) is 12.4. The maximum absolute atomic E-state index is 12.4. The zero-order valence-electron chi connectivity index (χ0n) is 11.5. The molecule has 1 aromatic carbocycles. The Morgan fingerprint density at radius 1 is 1.30 bits per heavy atom. The molecule has 1 fully saturated rings. The number of nitrogens with one attached hydrogen (secondary N) is 1. The Kier molecular flexibility index (Phi) is 3.22. The van der Waals surface area contributed by atoms with E-state index < -0.39 is 0 Å². The van der Waals surface area contributed by atoms with Gasteiger partial charge in [-0.25, -0.2) is 0 Å². The number of anilines is 1. The zero-order valence-corrected chi connectivity index (χ0v) is 11.5. The number of carbonyl (C=O) groups excluding carboxylic acids is 1. The van der Waals surface area contributed by atoms with Crippen LogP contribution in [-0.2, 0) is 0 Å². The van der Waals surface area contributed by atoms with Crippen molar-refractivity contribution in [2.24, 2.45) is 0 Å². The van der Waals surface area contributed by atoms with Crippen LogP contribution in [0.1, 0.15) is 47.9 Å². The highest BCUT2D eigenvalue weighted by Crippen LogP contribution is 2.36. The summed E-state index contributed by atoms with van der Waals surface area (Å²) in [5, 5.41) is 3.04. The second kappa shape index (κ2) is 5.04. The first kappa shape index (κ1) is 12.8. The van der Waals surface area contributed by atoms with Crippen LogP contribution >= 0.6 is 0 Å². The Hall–Kier alpha value is -2.23. The number of hydrogen-bond acceptors (Lipinski definition) is 2. The lowest BCUT2D eigenvalue weighted by Gasteiger charge is -2.15. The minimum Gasteiger partial charge on any atom is -0.399 e. The Morgan fingerprint density at radius 2 is 2.00 bits per heavy atom. The molecule has 3 N–H and O–H groups in total. The van der Waals surface area contributed by atoms with E-state index in [0.717, 1.165) is 16.9 Å². The highest BCUT2D eigenvalue weighted by atomic mass is 16.2. The Bertz CT molecular complexity index is 611. The lowest BCUT2D eigenvalue weighted by atomic mass is 10.1. The van der Waals surface area contributed by atoms with E-state index in [9.17, 15) is 4.79 Å². The van der Waals surface area contributed by atoms with Gasteiger partial charge in [-0.05, 0) is 49.6 Å². The third-order valence-corrected chi connectivity index (χ3v) is 3.74. The van der Waals surface area contributed by atoms with Crippen molar-refractivity contribution in [3.05, 3.63) is 53.9 Å². The van der Waals surface area contributed by atoms with Gasteiger partial charge in [0, 0.05) is 17.9 Å². The van der Waals surface area contributed by atoms with Crippen LogP contribution in [0.2, 0.25) is 0 Å². The first-order valence-electron chi connectivity index (χ1n) is 6.98. The van der Waals surface area contributed by atoms with Crippen molar-refractivity contribution in [3.63, 3.8) is 0 Å². The molecule has 4 nitrogen and oxygen atoms in total. The molecule has 4 heteroatoms. The number of nitrogen functional groups attached to an aromatic ring is 1. The number of carbonyl (C=O) groups is 1. The minimum atomic E-state index is -0.0364. The summed E-state index contributed by atoms with van der Waals surface area (Å²) < 4.78 is 2.07. The van der Waals surface area contributed by atoms with E-state index in [4.69, 9.17) is 5.73 Å². The molecule has 0 saturated heterocycles. The average Bonchev–Trinajstić information content (AvgIpc) is 3.16. The molecule has 0 aliphatic heterocycles. The molecule has 0 spiro atoms. The van der Waals surface area contributed by atoms with Gasteiger partial charge in [-0.3, -0.25) is 4.79 Å². The van der Waals surface area contributed by atoms with Gasteiger partial charge in [0.2, 0.25) is 0 Å². The fraction of sp³-hybridized carbons (Fsp3) is 0.312. The van der Waals surface area contributed by atoms with Gasteiger partial charge < -0.3 is 15.6 Å². The number of nitrogens with two attached hydrogens (primary N) is 1. The van der Waals surface area contributed by atoms with Gasteiger partial charge in [-0.1, -0.05) is 12.1 Å². The Balaban J connectivity index is 1.71. The summed E-state index contributed by atoms with van der Waals surface area (Å²) in [7, 11) is 0. The van der Waals surface area contributed by atoms with E-state index >= 15 is 0 Å². The summed E-state index contributed by atoms with van der Waals surface area (Å²) in [6, 6.07) is 11.9. The molecule has 1 amide bonds. The molecule has 1 unspecified atom stereocenters. The van der Waals surface area contributed by atoms with Crippen LogP contribution in [0.4, 0.5) is 5.69 Å². The number of benzene rings is 1. The monoisotopic (exact) mass is 269 g/mol. The van der Waals surface area contributed by atoms with E-state index in [1.807, 2.05) is 49.5 Å². The molecule has 0 bridgehead atoms. The Labute approximate surface area is 118 Å². The number of amides is 1. The van der Waals surface area contributed by atoms with Gasteiger partial charge in [-0.2, -0.15) is 0 Å². The first-order chi connectivity index (χ1) is 9.65. The van der Waals surface area contributed by atoms with Gasteiger partial charge in [0.1, 0.15) is 5.69 Å². The number of rotatable bonds is 4. The van der Waals surface area contributed by atoms with Crippen LogP contribution in [0.15, 0.2) is 42.6 Å². The quantitative estimate of drug-likeness (QED) is 0.838. The second-order valence-electron chi connectivity index (χ2n) is 5.39. The average molecular weight is 269 g/mol. The van der Waals surface area contributed by atoms with Crippen LogP contribution in [-0.4, -0.2) is 10.5 Å². The molecule has 20 heavy (non-hydrogen) atoms. The molecule has 2 aromatic rings. The number of nitrogens with zero attached hydrogens (tertiary/aromatic N) is 1. The minimum absolute atomic E-state index is 0.0220. The first-order valence-corrected chi connectivity index (χ1v) is 6.98. The van der Waals surface area contributed by atoms with Crippen molar-refractivity contribution >= 4 is 11.6 Å². The summed E-state index contributed by atoms with van der Waals surface area (Å²) >= 11 is 0. The maximum atomic E-state index is 12.4. The van der Waals surface area contributed by atoms with E-state index in [1.165, 1.54) is 12.8 Å². The third-order valence-electron chi connectivity index (χ3n) is 3.74. The fourth-order valence-electron chi connectivity index (χ4n) is 2.40. The maximum Gasteiger partial charge on any atom is 0.268 e. The van der Waals surface area contributed by atoms with Gasteiger partial charge in [0.05, 0.1) is 6.04 Å². The summed E-state index contributed by atoms with van der Waals surface area (Å²) in [6.07, 6.45) is 4.32. The van der Waals surface area contributed by atoms with E-state index in [1.54, 1.807) is 0 Å². The fourth-order valence-corrected chi connectivity index (χ4v) is 2.40. The standard InChI is InChI=1S/C16H19N3O/c1-11(12-4-6-13(17)7-5-12)18-16(20)15-3-2-10-19(15)14-8-9-14/h2-7,10-11,14H,8-9,17H2,1H3,(H,18,20). The summed E-state index contributed by atoms with van der Waals surface area (Å²) in [6.45, 7) is 1.98. The Morgan fingerprint density at radius 3 is 2.65 bits per heavy atom. The molecule has 1 aromatic heterocycles. The van der Waals surface area contributed by atoms with Crippen molar-refractivity contribution in [2.75, 3.05) is 5.73 Å². The van der Waals surface area contributed by atoms with Crippen molar-refractivity contribution in [3.8, 4) is 0 Å². The molecule has 1 saturated carbocycles. The number of aromatic nitrogens is 1. The van der Waals surface area contributed by atoms with Crippen molar-refractivity contribution < 1.29 is 4.79 Å². The molecule has 1 aliphatic rings. The van der Waals surface area contributed by atoms with Crippen molar-refractivity contribution in [2.45, 2.75) is 31.8 Å². The molecular weight excluding hydrogens is 250 g/mol. The zero-order chi connectivity index (χ0) is 14.1. The molecular formula is C16H19N3O. The molecule has 1 heterocycles. The van der Waals surface area contributed by atoms with Crippen LogP contribution < -0.4 is 11.1 Å². The van der Waals surface area contributed by atoms with Gasteiger partial charge >= 0.3 is 0 Å². The highest BCUT2D eigenvalue weighted by molar-refractivity contribution is 5.93. The smallest absolute Gasteiger partial charge is 0.268 e. The predicted octanol–water partition coefficient (Wildman–Crippen LogP) is 2.90. The van der Waals surface area contributed by atoms with E-state index in [-0.39, 0.29) is 11.9 Å². The molecule has 1 atom stereocenters. The molecule has 3 rings (SSSR count). The molecule has 104 valence electrons. The van der Waals surface area contributed by atoms with Crippen LogP contribution in [0, 0.1) is 0 Å². The second-order valence-corrected chi connectivity index (χ2v) is 5.39. The van der Waals surface area contributed by atoms with E-state index in [2.05, 4.69) is 9.88 Å². The van der Waals surface area contributed by atoms with Gasteiger partial charge in [0.25, 0.3) is 5.91 Å². The largest absolute Gasteiger partial charge is 0.399 e. The van der Waals surface area contributed by atoms with Crippen molar-refractivity contribution in [1.29, 1.82) is 0 Å². The van der Waals surface area contributed by atoms with Crippen LogP contribution in [0.5, 0.6) is 0 Å². The van der Waals surface area contributed by atoms with Gasteiger partial charge in [-0.15, -0.1) is 0 Å². The summed E-state index contributed by atoms with van der Waals surface area (Å²) in [5.74, 6) is -0.0220. The van der Waals surface area contributed by atoms with Gasteiger partial charge in [0.15, 0.2) is 0 Å². The van der Waals surface area contributed by atoms with Crippen LogP contribution in [0.3, 0.4) is 0 Å². The predicted molar refractivity (Wildman–Crippen MR) is 79.4 cm³/mol. The third kappa shape index (κ3) is 2.54.